The number of terminal acetylenes is 1. The van der Waals surface area contributed by atoms with Gasteiger partial charge in [0, 0.05) is 12.8 Å². The highest BCUT2D eigenvalue weighted by atomic mass is 16.3. The van der Waals surface area contributed by atoms with E-state index in [1.807, 2.05) is 12.2 Å². The average Bonchev–Trinajstić information content (AvgIpc) is 3.26. The third-order valence-corrected chi connectivity index (χ3v) is 3.41. The molecule has 1 aliphatic rings. The summed E-state index contributed by atoms with van der Waals surface area (Å²) in [5, 5.41) is 9.12. The van der Waals surface area contributed by atoms with E-state index in [1.54, 1.807) is 6.08 Å². The van der Waals surface area contributed by atoms with Gasteiger partial charge in [-0.25, -0.2) is 0 Å². The van der Waals surface area contributed by atoms with E-state index in [9.17, 15) is 0 Å². The molecule has 0 saturated carbocycles. The summed E-state index contributed by atoms with van der Waals surface area (Å²) in [4.78, 5) is 0. The quantitative estimate of drug-likeness (QED) is 0.388. The molecule has 0 spiro atoms. The van der Waals surface area contributed by atoms with Crippen LogP contribution < -0.4 is 0 Å². The van der Waals surface area contributed by atoms with E-state index < -0.39 is 0 Å². The molecule has 1 nitrogen and oxygen atoms in total. The van der Waals surface area contributed by atoms with Crippen LogP contribution in [0.1, 0.15) is 57.8 Å². The minimum absolute atomic E-state index is 0.201. The van der Waals surface area contributed by atoms with Crippen LogP contribution in [0, 0.1) is 47.9 Å². The molecule has 0 aromatic heterocycles. The van der Waals surface area contributed by atoms with Gasteiger partial charge in [0.1, 0.15) is 0 Å². The Bertz CT molecular complexity index is 623. The van der Waals surface area contributed by atoms with Crippen molar-refractivity contribution in [2.45, 2.75) is 63.9 Å². The fraction of sp³-hybridized carbons (Fsp3) is 0.455. The molecule has 1 aliphatic carbocycles. The molecule has 0 aliphatic heterocycles. The molecule has 0 aromatic rings. The van der Waals surface area contributed by atoms with Crippen LogP contribution >= 0.6 is 0 Å². The maximum atomic E-state index is 9.12. The number of hydrogen-bond acceptors (Lipinski definition) is 1. The largest absolute Gasteiger partial charge is 0.385 e. The van der Waals surface area contributed by atoms with Crippen molar-refractivity contribution in [2.75, 3.05) is 0 Å². The standard InChI is InChI=1S/C22H24O/c1-2-3-4-5-6-7-8-9-10-11-12-13-14-15-16-17-18-19-21-20-22(21)23/h1,3-4,20,22-23H,5-7,14-19H2/b4-3-. The second-order valence-corrected chi connectivity index (χ2v) is 5.42. The Morgan fingerprint density at radius 2 is 1.61 bits per heavy atom. The van der Waals surface area contributed by atoms with Crippen LogP contribution in [0.15, 0.2) is 23.8 Å². The van der Waals surface area contributed by atoms with Crippen LogP contribution in [-0.2, 0) is 0 Å². The zero-order chi connectivity index (χ0) is 16.6. The summed E-state index contributed by atoms with van der Waals surface area (Å²) in [5.41, 5.74) is 1.21. The molecule has 23 heavy (non-hydrogen) atoms. The third kappa shape index (κ3) is 12.0. The van der Waals surface area contributed by atoms with E-state index >= 15 is 0 Å². The van der Waals surface area contributed by atoms with Crippen molar-refractivity contribution in [1.82, 2.24) is 0 Å². The number of aliphatic hydroxyl groups is 1. The molecule has 1 N–H and O–H groups in total. The Morgan fingerprint density at radius 3 is 2.26 bits per heavy atom. The zero-order valence-electron chi connectivity index (χ0n) is 13.7. The highest BCUT2D eigenvalue weighted by Gasteiger charge is 2.19. The number of aliphatic hydroxyl groups excluding tert-OH is 1. The van der Waals surface area contributed by atoms with E-state index in [4.69, 9.17) is 11.5 Å². The van der Waals surface area contributed by atoms with E-state index in [2.05, 4.69) is 41.4 Å². The van der Waals surface area contributed by atoms with E-state index in [0.717, 1.165) is 38.5 Å². The van der Waals surface area contributed by atoms with Gasteiger partial charge in [0.05, 0.1) is 6.10 Å². The normalized spacial score (nSPS) is 14.4. The first-order chi connectivity index (χ1) is 11.3. The second kappa shape index (κ2) is 13.4. The fourth-order valence-corrected chi connectivity index (χ4v) is 2.02. The number of unbranched alkanes of at least 4 members (excludes halogenated alkanes) is 6. The Kier molecular flexibility index (Phi) is 10.9. The van der Waals surface area contributed by atoms with Gasteiger partial charge in [-0.3, -0.25) is 0 Å². The lowest BCUT2D eigenvalue weighted by Crippen LogP contribution is -1.84. The summed E-state index contributed by atoms with van der Waals surface area (Å²) in [6.45, 7) is 0. The molecule has 0 amide bonds. The van der Waals surface area contributed by atoms with Crippen molar-refractivity contribution in [3.63, 3.8) is 0 Å². The van der Waals surface area contributed by atoms with Crippen molar-refractivity contribution in [1.29, 1.82) is 0 Å². The topological polar surface area (TPSA) is 20.2 Å². The highest BCUT2D eigenvalue weighted by Crippen LogP contribution is 2.25. The first kappa shape index (κ1) is 18.7. The van der Waals surface area contributed by atoms with Crippen molar-refractivity contribution in [3.05, 3.63) is 23.8 Å². The fourth-order valence-electron chi connectivity index (χ4n) is 2.02. The number of allylic oxidation sites excluding steroid dienone is 2. The minimum atomic E-state index is -0.201. The lowest BCUT2D eigenvalue weighted by atomic mass is 10.1. The van der Waals surface area contributed by atoms with Crippen LogP contribution in [0.3, 0.4) is 0 Å². The second-order valence-electron chi connectivity index (χ2n) is 5.42. The summed E-state index contributed by atoms with van der Waals surface area (Å²) < 4.78 is 0. The zero-order valence-corrected chi connectivity index (χ0v) is 13.7. The number of hydrogen-bond donors (Lipinski definition) is 1. The van der Waals surface area contributed by atoms with Crippen LogP contribution in [0.5, 0.6) is 0 Å². The third-order valence-electron chi connectivity index (χ3n) is 3.41. The van der Waals surface area contributed by atoms with E-state index in [0.29, 0.717) is 0 Å². The summed E-state index contributed by atoms with van der Waals surface area (Å²) in [6, 6.07) is 0. The van der Waals surface area contributed by atoms with Gasteiger partial charge in [-0.05, 0) is 73.5 Å². The first-order valence-corrected chi connectivity index (χ1v) is 8.30. The predicted octanol–water partition coefficient (Wildman–Crippen LogP) is 4.00. The maximum absolute atomic E-state index is 9.12. The molecule has 1 unspecified atom stereocenters. The molecule has 1 atom stereocenters. The molecule has 0 saturated heterocycles. The Balaban J connectivity index is 1.91. The van der Waals surface area contributed by atoms with Crippen LogP contribution in [0.4, 0.5) is 0 Å². The van der Waals surface area contributed by atoms with Gasteiger partial charge in [-0.15, -0.1) is 6.42 Å². The smallest absolute Gasteiger partial charge is 0.0936 e. The van der Waals surface area contributed by atoms with Gasteiger partial charge < -0.3 is 5.11 Å². The summed E-state index contributed by atoms with van der Waals surface area (Å²) >= 11 is 0. The Labute approximate surface area is 141 Å². The Morgan fingerprint density at radius 1 is 0.957 bits per heavy atom. The van der Waals surface area contributed by atoms with Gasteiger partial charge in [0.15, 0.2) is 0 Å². The SMILES string of the molecule is C#C/C=C\CCCC#CC#CC#CCCCCCCC1=CC1O. The summed E-state index contributed by atoms with van der Waals surface area (Å²) in [7, 11) is 0. The van der Waals surface area contributed by atoms with Crippen LogP contribution in [0.25, 0.3) is 0 Å². The van der Waals surface area contributed by atoms with Crippen molar-refractivity contribution in [3.8, 4) is 47.9 Å². The van der Waals surface area contributed by atoms with Gasteiger partial charge >= 0.3 is 0 Å². The van der Waals surface area contributed by atoms with Gasteiger partial charge in [0.25, 0.3) is 0 Å². The van der Waals surface area contributed by atoms with Crippen molar-refractivity contribution in [2.24, 2.45) is 0 Å². The molecule has 0 bridgehead atoms. The molecule has 1 heteroatoms. The van der Waals surface area contributed by atoms with Crippen molar-refractivity contribution >= 4 is 0 Å². The molecule has 0 radical (unpaired) electrons. The molecular weight excluding hydrogens is 280 g/mol. The average molecular weight is 304 g/mol. The lowest BCUT2D eigenvalue weighted by Gasteiger charge is -1.96. The minimum Gasteiger partial charge on any atom is -0.385 e. The van der Waals surface area contributed by atoms with E-state index in [-0.39, 0.29) is 6.10 Å². The van der Waals surface area contributed by atoms with Gasteiger partial charge in [0.2, 0.25) is 0 Å². The van der Waals surface area contributed by atoms with E-state index in [1.165, 1.54) is 24.8 Å². The molecule has 0 aromatic carbocycles. The first-order valence-electron chi connectivity index (χ1n) is 8.30. The summed E-state index contributed by atoms with van der Waals surface area (Å²) in [5.74, 6) is 19.7. The molecule has 1 rings (SSSR count). The summed E-state index contributed by atoms with van der Waals surface area (Å²) in [6.07, 6.45) is 20.0. The lowest BCUT2D eigenvalue weighted by molar-refractivity contribution is 0.292. The van der Waals surface area contributed by atoms with Gasteiger partial charge in [-0.2, -0.15) is 0 Å². The monoisotopic (exact) mass is 304 g/mol. The predicted molar refractivity (Wildman–Crippen MR) is 96.9 cm³/mol. The highest BCUT2D eigenvalue weighted by molar-refractivity contribution is 5.35. The number of rotatable bonds is 9. The van der Waals surface area contributed by atoms with Crippen molar-refractivity contribution < 1.29 is 5.11 Å². The molecule has 118 valence electrons. The molecule has 0 fully saturated rings. The van der Waals surface area contributed by atoms with Crippen LogP contribution in [-0.4, -0.2) is 11.2 Å². The Hall–Kier alpha value is -2.32. The van der Waals surface area contributed by atoms with Crippen LogP contribution in [0.2, 0.25) is 0 Å². The molecule has 0 heterocycles. The molecular formula is C22H24O. The maximum Gasteiger partial charge on any atom is 0.0936 e. The van der Waals surface area contributed by atoms with Gasteiger partial charge in [-0.1, -0.05) is 36.7 Å².